The second-order valence-electron chi connectivity index (χ2n) is 8.67. The van der Waals surface area contributed by atoms with Crippen molar-refractivity contribution in [2.45, 2.75) is 18.3 Å². The molecule has 2 atom stereocenters. The van der Waals surface area contributed by atoms with Gasteiger partial charge in [-0.1, -0.05) is 36.4 Å². The number of halogens is 1. The smallest absolute Gasteiger partial charge is 0.262 e. The van der Waals surface area contributed by atoms with Gasteiger partial charge in [-0.25, -0.2) is 26.2 Å². The van der Waals surface area contributed by atoms with Crippen LogP contribution in [0.5, 0.6) is 0 Å². The highest BCUT2D eigenvalue weighted by atomic mass is 32.2. The molecule has 1 heterocycles. The monoisotopic (exact) mass is 514 g/mol. The van der Waals surface area contributed by atoms with E-state index in [2.05, 4.69) is 14.4 Å². The van der Waals surface area contributed by atoms with Crippen molar-refractivity contribution in [1.29, 1.82) is 0 Å². The molecule has 35 heavy (non-hydrogen) atoms. The number of aromatic amines is 1. The van der Waals surface area contributed by atoms with Crippen molar-refractivity contribution in [3.8, 4) is 11.1 Å². The average molecular weight is 515 g/mol. The van der Waals surface area contributed by atoms with Crippen LogP contribution in [0.1, 0.15) is 29.6 Å². The normalized spacial score (nSPS) is 17.9. The number of fused-ring (bicyclic) bond motifs is 1. The number of para-hydroxylation sites is 1. The second kappa shape index (κ2) is 8.65. The molecule has 1 fully saturated rings. The Labute approximate surface area is 202 Å². The van der Waals surface area contributed by atoms with E-state index in [0.29, 0.717) is 16.9 Å². The predicted molar refractivity (Wildman–Crippen MR) is 135 cm³/mol. The topological polar surface area (TPSA) is 121 Å². The quantitative estimate of drug-likeness (QED) is 0.319. The molecule has 11 heteroatoms. The highest BCUT2D eigenvalue weighted by Crippen LogP contribution is 2.54. The summed E-state index contributed by atoms with van der Waals surface area (Å²) in [4.78, 5) is 8.13. The summed E-state index contributed by atoms with van der Waals surface area (Å²) < 4.78 is 63.9. The van der Waals surface area contributed by atoms with Crippen LogP contribution in [0.4, 0.5) is 15.8 Å². The van der Waals surface area contributed by atoms with Gasteiger partial charge in [0, 0.05) is 17.2 Å². The molecule has 2 unspecified atom stereocenters. The molecule has 0 saturated heterocycles. The van der Waals surface area contributed by atoms with E-state index in [4.69, 9.17) is 4.98 Å². The van der Waals surface area contributed by atoms with Gasteiger partial charge in [-0.3, -0.25) is 9.44 Å². The van der Waals surface area contributed by atoms with Crippen LogP contribution in [0.25, 0.3) is 22.2 Å². The van der Waals surface area contributed by atoms with Gasteiger partial charge in [-0.15, -0.1) is 0 Å². The van der Waals surface area contributed by atoms with Crippen molar-refractivity contribution in [2.75, 3.05) is 21.7 Å². The van der Waals surface area contributed by atoms with Crippen molar-refractivity contribution in [3.05, 3.63) is 78.1 Å². The lowest BCUT2D eigenvalue weighted by Gasteiger charge is -2.11. The summed E-state index contributed by atoms with van der Waals surface area (Å²) in [5.41, 5.74) is 4.96. The minimum Gasteiger partial charge on any atom is -0.342 e. The van der Waals surface area contributed by atoms with Gasteiger partial charge in [0.25, 0.3) is 10.0 Å². The summed E-state index contributed by atoms with van der Waals surface area (Å²) in [7, 11) is -7.37. The largest absolute Gasteiger partial charge is 0.342 e. The fourth-order valence-electron chi connectivity index (χ4n) is 4.27. The highest BCUT2D eigenvalue weighted by molar-refractivity contribution is 7.92. The molecule has 0 amide bonds. The van der Waals surface area contributed by atoms with Crippen LogP contribution in [-0.4, -0.2) is 39.1 Å². The number of alkyl halides is 1. The Hall–Kier alpha value is -3.44. The third-order valence-electron chi connectivity index (χ3n) is 5.93. The minimum atomic E-state index is -4.06. The molecule has 1 saturated carbocycles. The van der Waals surface area contributed by atoms with Gasteiger partial charge in [-0.2, -0.15) is 0 Å². The third kappa shape index (κ3) is 5.15. The van der Waals surface area contributed by atoms with E-state index >= 15 is 0 Å². The molecular weight excluding hydrogens is 491 g/mol. The molecule has 1 aromatic heterocycles. The number of H-pyrrole nitrogens is 1. The van der Waals surface area contributed by atoms with Gasteiger partial charge in [0.05, 0.1) is 23.0 Å². The van der Waals surface area contributed by atoms with Crippen molar-refractivity contribution in [2.24, 2.45) is 0 Å². The fourth-order valence-corrected chi connectivity index (χ4v) is 5.40. The first-order valence-corrected chi connectivity index (χ1v) is 14.4. The van der Waals surface area contributed by atoms with Crippen LogP contribution >= 0.6 is 0 Å². The van der Waals surface area contributed by atoms with Crippen molar-refractivity contribution in [1.82, 2.24) is 9.97 Å². The molecule has 3 N–H and O–H groups in total. The van der Waals surface area contributed by atoms with Crippen molar-refractivity contribution >= 4 is 42.5 Å². The Kier molecular flexibility index (Phi) is 5.76. The first-order chi connectivity index (χ1) is 16.6. The molecule has 182 valence electrons. The van der Waals surface area contributed by atoms with E-state index in [1.54, 1.807) is 36.4 Å². The molecule has 8 nitrogen and oxygen atoms in total. The van der Waals surface area contributed by atoms with Crippen LogP contribution in [0, 0.1) is 0 Å². The maximum Gasteiger partial charge on any atom is 0.262 e. The number of sulfonamides is 2. The zero-order valence-corrected chi connectivity index (χ0v) is 20.3. The first kappa shape index (κ1) is 23.3. The second-order valence-corrected chi connectivity index (χ2v) is 12.1. The Morgan fingerprint density at radius 3 is 2.43 bits per heavy atom. The van der Waals surface area contributed by atoms with Crippen molar-refractivity contribution in [3.63, 3.8) is 0 Å². The van der Waals surface area contributed by atoms with Gasteiger partial charge < -0.3 is 4.98 Å². The Bertz CT molecular complexity index is 1620. The standard InChI is InChI=1S/C24H23FN4O4S2/c1-34(30,31)28-17-9-6-15(7-10-17)19-13-20(19)24-26-22-11-8-16(12-23(22)27-24)18-4-2-3-5-21(18)29-35(32,33)14-25/h2-12,19-20,28-29H,13-14H2,1H3,(H,26,27). The molecule has 0 radical (unpaired) electrons. The van der Waals surface area contributed by atoms with Gasteiger partial charge in [-0.05, 0) is 53.8 Å². The third-order valence-corrected chi connectivity index (χ3v) is 7.36. The number of nitrogens with zero attached hydrogens (tertiary/aromatic N) is 1. The molecule has 1 aliphatic rings. The van der Waals surface area contributed by atoms with E-state index in [1.807, 2.05) is 30.3 Å². The number of aromatic nitrogens is 2. The van der Waals surface area contributed by atoms with E-state index in [9.17, 15) is 21.2 Å². The van der Waals surface area contributed by atoms with Crippen LogP contribution < -0.4 is 9.44 Å². The Morgan fingerprint density at radius 1 is 0.971 bits per heavy atom. The maximum atomic E-state index is 12.8. The zero-order valence-electron chi connectivity index (χ0n) is 18.7. The predicted octanol–water partition coefficient (Wildman–Crippen LogP) is 4.54. The summed E-state index contributed by atoms with van der Waals surface area (Å²) in [5, 5.41) is 0. The van der Waals surface area contributed by atoms with Gasteiger partial charge in [0.15, 0.2) is 0 Å². The van der Waals surface area contributed by atoms with Crippen LogP contribution in [-0.2, 0) is 20.0 Å². The van der Waals surface area contributed by atoms with Crippen LogP contribution in [0.15, 0.2) is 66.7 Å². The minimum absolute atomic E-state index is 0.225. The lowest BCUT2D eigenvalue weighted by Crippen LogP contribution is -2.14. The van der Waals surface area contributed by atoms with E-state index in [1.165, 1.54) is 0 Å². The average Bonchev–Trinajstić information content (AvgIpc) is 3.49. The number of imidazole rings is 1. The van der Waals surface area contributed by atoms with E-state index < -0.39 is 26.1 Å². The molecule has 0 spiro atoms. The number of hydrogen-bond acceptors (Lipinski definition) is 5. The number of rotatable bonds is 8. The summed E-state index contributed by atoms with van der Waals surface area (Å²) >= 11 is 0. The Morgan fingerprint density at radius 2 is 1.71 bits per heavy atom. The van der Waals surface area contributed by atoms with Crippen molar-refractivity contribution < 1.29 is 21.2 Å². The molecule has 0 bridgehead atoms. The number of nitrogens with one attached hydrogen (secondary N) is 3. The van der Waals surface area contributed by atoms with Crippen LogP contribution in [0.3, 0.4) is 0 Å². The molecule has 5 rings (SSSR count). The first-order valence-electron chi connectivity index (χ1n) is 10.9. The number of hydrogen-bond donors (Lipinski definition) is 3. The lowest BCUT2D eigenvalue weighted by molar-refractivity contribution is 0.538. The molecular formula is C24H23FN4O4S2. The molecule has 1 aliphatic carbocycles. The number of benzene rings is 3. The van der Waals surface area contributed by atoms with Gasteiger partial charge in [0.2, 0.25) is 16.0 Å². The summed E-state index contributed by atoms with van der Waals surface area (Å²) in [5.74, 6) is 1.38. The fraction of sp³-hybridized carbons (Fsp3) is 0.208. The number of anilines is 2. The van der Waals surface area contributed by atoms with E-state index in [-0.39, 0.29) is 11.8 Å². The van der Waals surface area contributed by atoms with E-state index in [0.717, 1.165) is 40.7 Å². The van der Waals surface area contributed by atoms with Gasteiger partial charge >= 0.3 is 0 Å². The summed E-state index contributed by atoms with van der Waals surface area (Å²) in [6, 6.07) is 18.3. The highest BCUT2D eigenvalue weighted by Gasteiger charge is 2.41. The zero-order chi connectivity index (χ0) is 24.8. The van der Waals surface area contributed by atoms with Crippen LogP contribution in [0.2, 0.25) is 0 Å². The van der Waals surface area contributed by atoms with Gasteiger partial charge in [0.1, 0.15) is 5.82 Å². The maximum absolute atomic E-state index is 12.8. The Balaban J connectivity index is 1.37. The molecule has 4 aromatic rings. The summed E-state index contributed by atoms with van der Waals surface area (Å²) in [6.45, 7) is 0. The summed E-state index contributed by atoms with van der Waals surface area (Å²) in [6.07, 6.45) is 2.05. The molecule has 0 aliphatic heterocycles. The molecule has 3 aromatic carbocycles. The SMILES string of the molecule is CS(=O)(=O)Nc1ccc(C2CC2c2nc3ccc(-c4ccccc4NS(=O)(=O)CF)cc3[nH]2)cc1. The lowest BCUT2D eigenvalue weighted by atomic mass is 10.0.